The van der Waals surface area contributed by atoms with Gasteiger partial charge in [0.1, 0.15) is 0 Å². The molecule has 1 saturated heterocycles. The Morgan fingerprint density at radius 3 is 2.19 bits per heavy atom. The summed E-state index contributed by atoms with van der Waals surface area (Å²) in [5.41, 5.74) is -0.211. The smallest absolute Gasteiger partial charge is 0.0927 e. The first-order valence-corrected chi connectivity index (χ1v) is 6.33. The van der Waals surface area contributed by atoms with E-state index in [4.69, 9.17) is 0 Å². The van der Waals surface area contributed by atoms with Gasteiger partial charge in [-0.1, -0.05) is 26.7 Å². The molecule has 0 aliphatic carbocycles. The first kappa shape index (κ1) is 13.9. The monoisotopic (exact) mass is 231 g/mol. The average Bonchev–Trinajstić information content (AvgIpc) is 2.26. The summed E-state index contributed by atoms with van der Waals surface area (Å²) in [5.74, 6) is -0.267. The van der Waals surface area contributed by atoms with Gasteiger partial charge in [-0.2, -0.15) is 0 Å². The van der Waals surface area contributed by atoms with E-state index in [-0.39, 0.29) is 18.1 Å². The number of piperidine rings is 1. The SMILES string of the molecule is CCCC1(CCC)NCC(O)C(O)C1CO. The Morgan fingerprint density at radius 2 is 1.75 bits per heavy atom. The van der Waals surface area contributed by atoms with Crippen LogP contribution < -0.4 is 5.32 Å². The predicted octanol–water partition coefficient (Wildman–Crippen LogP) is 0.259. The maximum absolute atomic E-state index is 9.98. The number of hydrogen-bond acceptors (Lipinski definition) is 4. The highest BCUT2D eigenvalue weighted by Crippen LogP contribution is 2.34. The molecule has 16 heavy (non-hydrogen) atoms. The van der Waals surface area contributed by atoms with E-state index in [0.717, 1.165) is 25.7 Å². The number of rotatable bonds is 5. The van der Waals surface area contributed by atoms with Crippen LogP contribution >= 0.6 is 0 Å². The fraction of sp³-hybridized carbons (Fsp3) is 1.00. The first-order chi connectivity index (χ1) is 7.61. The molecule has 4 heteroatoms. The third kappa shape index (κ3) is 2.56. The fourth-order valence-corrected chi connectivity index (χ4v) is 3.00. The van der Waals surface area contributed by atoms with Crippen LogP contribution in [-0.2, 0) is 0 Å². The lowest BCUT2D eigenvalue weighted by atomic mass is 9.71. The molecular weight excluding hydrogens is 206 g/mol. The topological polar surface area (TPSA) is 72.7 Å². The van der Waals surface area contributed by atoms with Crippen LogP contribution in [0.4, 0.5) is 0 Å². The molecule has 1 heterocycles. The van der Waals surface area contributed by atoms with Gasteiger partial charge in [-0.3, -0.25) is 0 Å². The van der Waals surface area contributed by atoms with Crippen molar-refractivity contribution in [2.45, 2.75) is 57.3 Å². The standard InChI is InChI=1S/C12H25NO3/c1-3-5-12(6-4-2)9(8-14)11(16)10(15)7-13-12/h9-11,13-16H,3-8H2,1-2H3. The summed E-state index contributed by atoms with van der Waals surface area (Å²) < 4.78 is 0. The third-order valence-corrected chi connectivity index (χ3v) is 3.77. The Labute approximate surface area is 97.7 Å². The van der Waals surface area contributed by atoms with E-state index in [1.54, 1.807) is 0 Å². The van der Waals surface area contributed by atoms with Crippen LogP contribution in [0.15, 0.2) is 0 Å². The van der Waals surface area contributed by atoms with Crippen molar-refractivity contribution in [3.05, 3.63) is 0 Å². The Morgan fingerprint density at radius 1 is 1.19 bits per heavy atom. The normalized spacial score (nSPS) is 33.9. The molecule has 3 atom stereocenters. The molecule has 1 aliphatic rings. The second-order valence-electron chi connectivity index (χ2n) is 4.88. The zero-order valence-electron chi connectivity index (χ0n) is 10.3. The molecule has 4 nitrogen and oxygen atoms in total. The first-order valence-electron chi connectivity index (χ1n) is 6.33. The Kier molecular flexibility index (Phi) is 5.18. The lowest BCUT2D eigenvalue weighted by Crippen LogP contribution is -2.65. The number of β-amino-alcohol motifs (C(OH)–C–C–N with tert-alkyl or cyclic N) is 1. The van der Waals surface area contributed by atoms with Crippen LogP contribution in [0.2, 0.25) is 0 Å². The van der Waals surface area contributed by atoms with Crippen molar-refractivity contribution in [3.63, 3.8) is 0 Å². The molecule has 4 N–H and O–H groups in total. The molecule has 0 bridgehead atoms. The summed E-state index contributed by atoms with van der Waals surface area (Å²) in [6, 6.07) is 0. The van der Waals surface area contributed by atoms with Crippen molar-refractivity contribution in [2.75, 3.05) is 13.2 Å². The van der Waals surface area contributed by atoms with Gasteiger partial charge >= 0.3 is 0 Å². The molecule has 0 saturated carbocycles. The second-order valence-corrected chi connectivity index (χ2v) is 4.88. The molecule has 3 unspecified atom stereocenters. The number of aliphatic hydroxyl groups excluding tert-OH is 3. The lowest BCUT2D eigenvalue weighted by molar-refractivity contribution is -0.0987. The minimum atomic E-state index is -0.815. The van der Waals surface area contributed by atoms with E-state index < -0.39 is 12.2 Å². The Balaban J connectivity index is 2.86. The van der Waals surface area contributed by atoms with E-state index in [0.29, 0.717) is 6.54 Å². The van der Waals surface area contributed by atoms with Gasteiger partial charge in [-0.15, -0.1) is 0 Å². The molecule has 96 valence electrons. The summed E-state index contributed by atoms with van der Waals surface area (Å²) >= 11 is 0. The van der Waals surface area contributed by atoms with E-state index >= 15 is 0 Å². The van der Waals surface area contributed by atoms with Gasteiger partial charge < -0.3 is 20.6 Å². The van der Waals surface area contributed by atoms with Crippen molar-refractivity contribution >= 4 is 0 Å². The third-order valence-electron chi connectivity index (χ3n) is 3.77. The number of hydrogen-bond donors (Lipinski definition) is 4. The van der Waals surface area contributed by atoms with Gasteiger partial charge in [0, 0.05) is 18.0 Å². The van der Waals surface area contributed by atoms with Gasteiger partial charge in [0.2, 0.25) is 0 Å². The van der Waals surface area contributed by atoms with Gasteiger partial charge in [0.25, 0.3) is 0 Å². The van der Waals surface area contributed by atoms with E-state index in [1.807, 2.05) is 0 Å². The lowest BCUT2D eigenvalue weighted by Gasteiger charge is -2.48. The quantitative estimate of drug-likeness (QED) is 0.547. The van der Waals surface area contributed by atoms with Crippen LogP contribution in [0.1, 0.15) is 39.5 Å². The summed E-state index contributed by atoms with van der Waals surface area (Å²) in [7, 11) is 0. The molecule has 1 rings (SSSR count). The fourth-order valence-electron chi connectivity index (χ4n) is 3.00. The van der Waals surface area contributed by atoms with Crippen molar-refractivity contribution in [3.8, 4) is 0 Å². The minimum Gasteiger partial charge on any atom is -0.396 e. The molecule has 0 spiro atoms. The maximum Gasteiger partial charge on any atom is 0.0927 e. The minimum absolute atomic E-state index is 0.0781. The van der Waals surface area contributed by atoms with Crippen LogP contribution in [0, 0.1) is 5.92 Å². The summed E-state index contributed by atoms with van der Waals surface area (Å²) in [5, 5.41) is 32.4. The van der Waals surface area contributed by atoms with Crippen LogP contribution in [0.5, 0.6) is 0 Å². The molecule has 0 aromatic carbocycles. The van der Waals surface area contributed by atoms with Crippen LogP contribution in [0.3, 0.4) is 0 Å². The molecule has 1 aliphatic heterocycles. The molecule has 0 amide bonds. The average molecular weight is 231 g/mol. The zero-order chi connectivity index (χ0) is 12.2. The highest BCUT2D eigenvalue weighted by atomic mass is 16.3. The zero-order valence-corrected chi connectivity index (χ0v) is 10.3. The highest BCUT2D eigenvalue weighted by Gasteiger charge is 2.46. The van der Waals surface area contributed by atoms with Crippen molar-refractivity contribution < 1.29 is 15.3 Å². The molecule has 0 radical (unpaired) electrons. The van der Waals surface area contributed by atoms with E-state index in [9.17, 15) is 15.3 Å². The number of aliphatic hydroxyl groups is 3. The predicted molar refractivity (Wildman–Crippen MR) is 63.1 cm³/mol. The molecule has 0 aromatic rings. The highest BCUT2D eigenvalue weighted by molar-refractivity contribution is 5.03. The number of nitrogens with one attached hydrogen (secondary N) is 1. The van der Waals surface area contributed by atoms with Gasteiger partial charge in [-0.25, -0.2) is 0 Å². The summed E-state index contributed by atoms with van der Waals surface area (Å²) in [4.78, 5) is 0. The maximum atomic E-state index is 9.98. The van der Waals surface area contributed by atoms with Gasteiger partial charge in [0.15, 0.2) is 0 Å². The van der Waals surface area contributed by atoms with E-state index in [2.05, 4.69) is 19.2 Å². The van der Waals surface area contributed by atoms with Gasteiger partial charge in [0.05, 0.1) is 18.8 Å². The second kappa shape index (κ2) is 5.96. The largest absolute Gasteiger partial charge is 0.396 e. The van der Waals surface area contributed by atoms with Gasteiger partial charge in [-0.05, 0) is 12.8 Å². The summed E-state index contributed by atoms with van der Waals surface area (Å²) in [6.07, 6.45) is 2.29. The van der Waals surface area contributed by atoms with Crippen molar-refractivity contribution in [1.29, 1.82) is 0 Å². The Bertz CT molecular complexity index is 204. The molecule has 0 aromatic heterocycles. The van der Waals surface area contributed by atoms with Crippen molar-refractivity contribution in [1.82, 2.24) is 5.32 Å². The molecule has 1 fully saturated rings. The van der Waals surface area contributed by atoms with Crippen molar-refractivity contribution in [2.24, 2.45) is 5.92 Å². The van der Waals surface area contributed by atoms with Crippen LogP contribution in [-0.4, -0.2) is 46.2 Å². The summed E-state index contributed by atoms with van der Waals surface area (Å²) in [6.45, 7) is 4.54. The Hall–Kier alpha value is -0.160. The molecular formula is C12H25NO3. The van der Waals surface area contributed by atoms with Crippen LogP contribution in [0.25, 0.3) is 0 Å². The van der Waals surface area contributed by atoms with E-state index in [1.165, 1.54) is 0 Å².